The molecule has 0 heterocycles. The molecule has 0 amide bonds. The molecule has 32 atom stereocenters. The number of alkyl halides is 8. The molecule has 36 heteroatoms. The van der Waals surface area contributed by atoms with Crippen LogP contribution in [0.25, 0.3) is 0 Å². The molecular weight excluding hydrogens is 2490 g/mol. The van der Waals surface area contributed by atoms with Crippen molar-refractivity contribution < 1.29 is 81.2 Å². The Balaban J connectivity index is 11.3. The van der Waals surface area contributed by atoms with Gasteiger partial charge in [-0.25, -0.2) is 0 Å². The first-order chi connectivity index (χ1) is 66.2. The Morgan fingerprint density at radius 1 is 0.255 bits per heavy atom. The molecule has 838 valence electrons. The van der Waals surface area contributed by atoms with Gasteiger partial charge in [0.15, 0.2) is 0 Å². The lowest BCUT2D eigenvalue weighted by Gasteiger charge is -2.55. The van der Waals surface area contributed by atoms with Crippen LogP contribution in [0.3, 0.4) is 0 Å². The first-order valence-electron chi connectivity index (χ1n) is 54.9. The quantitative estimate of drug-likeness (QED) is 0.0122. The summed E-state index contributed by atoms with van der Waals surface area (Å²) < 4.78 is 52.1. The van der Waals surface area contributed by atoms with Crippen molar-refractivity contribution in [2.45, 2.75) is 423 Å². The zero-order valence-corrected chi connectivity index (χ0v) is 116. The molecule has 0 aliphatic carbocycles. The molecule has 0 fully saturated rings. The average molecular weight is 2700 g/mol. The van der Waals surface area contributed by atoms with E-state index >= 15 is 4.89 Å². The van der Waals surface area contributed by atoms with E-state index in [4.69, 9.17) is 177 Å². The minimum absolute atomic E-state index is 0.0251. The standard InChI is InChI=1S/C105H211Br8O17PS2Si8/c1-75(50-83(9)67-123-34-26-42-134(18)115)58-91(106)66-92(93(107)59-76(2)51-84(10)68-124-35-27-43-135(19)116)100(94(108)60-77(3)52-85(11)69-125-36-28-44-136(20)117)101(95(109)61-78(4)53-86(12)70-126-37-29-45-137(21)118)102(96(110)62-79(5)54-87(13)71-127-38-30-46-138(22)119)103(97(111)63-80(6)55-88(14)72-128-39-31-47-139(23)120)104(98(112)64-81(7)56-89(15)73-129-40-32-48-140(24)121)105(17,131(114)133-132)99(113)65-82(8)57-90(16)74-130-41-33-49-141(25)122/h75-104,115-122H,26-74H2,1-25H3. The lowest BCUT2D eigenvalue weighted by atomic mass is 9.58. The highest BCUT2D eigenvalue weighted by molar-refractivity contribution is 9.10. The summed E-state index contributed by atoms with van der Waals surface area (Å²) in [5.74, 6) is 3.41. The molecule has 8 radical (unpaired) electrons. The average Bonchev–Trinajstić information content (AvgIpc) is 0.735. The van der Waals surface area contributed by atoms with E-state index in [9.17, 15) is 38.4 Å². The summed E-state index contributed by atoms with van der Waals surface area (Å²) >= 11 is 46.1. The van der Waals surface area contributed by atoms with Gasteiger partial charge < -0.3 is 81.2 Å². The highest BCUT2D eigenvalue weighted by Gasteiger charge is 2.61. The third-order valence-corrected chi connectivity index (χ3v) is 49.7. The molecule has 0 saturated carbocycles. The Hall–Kier alpha value is 5.64. The van der Waals surface area contributed by atoms with Gasteiger partial charge in [-0.2, -0.15) is 0 Å². The van der Waals surface area contributed by atoms with E-state index in [1.54, 1.807) is 0 Å². The number of hydrogen-bond donors (Lipinski definition) is 8. The number of hydrogen-bond acceptors (Lipinski definition) is 18. The number of halogens is 8. The van der Waals surface area contributed by atoms with Gasteiger partial charge in [0.25, 0.3) is 0 Å². The zero-order chi connectivity index (χ0) is 107. The van der Waals surface area contributed by atoms with Crippen LogP contribution < -0.4 is 4.89 Å². The third-order valence-electron chi connectivity index (χ3n) is 28.4. The summed E-state index contributed by atoms with van der Waals surface area (Å²) in [6.07, 6.45) is 22.2. The smallest absolute Gasteiger partial charge is 0.203 e. The first-order valence-corrected chi connectivity index (χ1v) is 83.0. The summed E-state index contributed by atoms with van der Waals surface area (Å²) in [4.78, 5) is 99.8. The predicted molar refractivity (Wildman–Crippen MR) is 650 cm³/mol. The lowest BCUT2D eigenvalue weighted by Crippen LogP contribution is -2.58. The SMILES string of the molecule is CC(COCCC[Si](C)O)CC(C)CC(Br)CC(C(Br)CC(C)CC(C)COCCC[Si](C)O)C(C(Br)CC(C)CC(C)COCCC[Si](C)O)C(C(Br)CC(C)CC(C)COCCC[Si](C)O)C(C(Br)CC(C)CC(C)COCCC[Si](C)O)C(C(Br)CC(C)CC(C)COCCC[Si](C)O)C(C(Br)CC(C)CC(C)COCCC[Si](C)O)C(C)(C(Br)CC(C)CC(C)COCCC[Si](C)O)[P+]([O-])=S=S. The molecule has 141 heavy (non-hydrogen) atoms. The van der Waals surface area contributed by atoms with Crippen molar-refractivity contribution in [2.24, 2.45) is 130 Å². The molecule has 0 aromatic carbocycles. The molecule has 0 rings (SSSR count). The van der Waals surface area contributed by atoms with Crippen LogP contribution in [-0.4, -0.2) is 260 Å². The molecule has 0 aromatic heterocycles. The van der Waals surface area contributed by atoms with Crippen LogP contribution in [0.15, 0.2) is 0 Å². The molecule has 0 aromatic rings. The van der Waals surface area contributed by atoms with Gasteiger partial charge in [0.2, 0.25) is 72.3 Å². The van der Waals surface area contributed by atoms with Crippen molar-refractivity contribution in [1.29, 1.82) is 0 Å². The van der Waals surface area contributed by atoms with Crippen LogP contribution in [-0.2, 0) is 58.6 Å². The van der Waals surface area contributed by atoms with Crippen LogP contribution in [0.5, 0.6) is 0 Å². The van der Waals surface area contributed by atoms with Gasteiger partial charge in [-0.1, -0.05) is 238 Å². The monoisotopic (exact) mass is 2690 g/mol. The Labute approximate surface area is 957 Å². The second-order valence-corrected chi connectivity index (χ2v) is 75.8. The highest BCUT2D eigenvalue weighted by atomic mass is 79.9. The van der Waals surface area contributed by atoms with Gasteiger partial charge in [0, 0.05) is 157 Å². The fraction of sp³-hybridized carbons (Fsp3) is 1.00. The van der Waals surface area contributed by atoms with E-state index in [2.05, 4.69) is 118 Å². The van der Waals surface area contributed by atoms with Gasteiger partial charge in [-0.05, 0) is 392 Å². The summed E-state index contributed by atoms with van der Waals surface area (Å²) in [7, 11) is -9.77. The van der Waals surface area contributed by atoms with Crippen molar-refractivity contribution in [1.82, 2.24) is 0 Å². The number of ether oxygens (including phenoxy) is 8. The van der Waals surface area contributed by atoms with Gasteiger partial charge in [0.1, 0.15) is 21.6 Å². The lowest BCUT2D eigenvalue weighted by molar-refractivity contribution is -0.159. The van der Waals surface area contributed by atoms with Gasteiger partial charge in [-0.3, -0.25) is 0 Å². The van der Waals surface area contributed by atoms with E-state index in [0.717, 1.165) is 218 Å². The van der Waals surface area contributed by atoms with Crippen molar-refractivity contribution in [3.63, 3.8) is 0 Å². The van der Waals surface area contributed by atoms with Crippen LogP contribution in [0.4, 0.5) is 0 Å². The number of rotatable bonds is 96. The molecule has 32 unspecified atom stereocenters. The van der Waals surface area contributed by atoms with E-state index < -0.39 is 84.4 Å². The molecule has 0 bridgehead atoms. The van der Waals surface area contributed by atoms with Crippen LogP contribution in [0, 0.1) is 130 Å². The molecule has 0 aliphatic rings. The minimum atomic E-state index is -2.25. The normalized spacial score (nSPS) is 19.8. The molecular formula is C105H211Br8O17PS2Si8. The fourth-order valence-corrected chi connectivity index (χ4v) is 42.6. The van der Waals surface area contributed by atoms with E-state index in [0.29, 0.717) is 129 Å². The summed E-state index contributed by atoms with van der Waals surface area (Å²) in [5, 5.41) is -0.967. The van der Waals surface area contributed by atoms with Crippen molar-refractivity contribution in [3.8, 4) is 0 Å². The maximum absolute atomic E-state index is 17.3. The fourth-order valence-electron chi connectivity index (χ4n) is 22.2. The van der Waals surface area contributed by atoms with Crippen molar-refractivity contribution in [2.75, 3.05) is 106 Å². The molecule has 0 saturated heterocycles. The van der Waals surface area contributed by atoms with E-state index in [-0.39, 0.29) is 145 Å². The first kappa shape index (κ1) is 147. The largest absolute Gasteiger partial charge is 0.619 e. The molecule has 0 spiro atoms. The van der Waals surface area contributed by atoms with E-state index in [1.165, 1.54) is 0 Å². The van der Waals surface area contributed by atoms with E-state index in [1.807, 2.05) is 52.4 Å². The van der Waals surface area contributed by atoms with Crippen molar-refractivity contribution in [3.05, 3.63) is 0 Å². The molecule has 8 N–H and O–H groups in total. The van der Waals surface area contributed by atoms with Crippen LogP contribution in [0.2, 0.25) is 101 Å². The van der Waals surface area contributed by atoms with Crippen molar-refractivity contribution >= 4 is 227 Å². The predicted octanol–water partition coefficient (Wildman–Crippen LogP) is 27.7. The Bertz CT molecular complexity index is 2990. The highest BCUT2D eigenvalue weighted by Crippen LogP contribution is 2.62. The van der Waals surface area contributed by atoms with Crippen LogP contribution in [0.1, 0.15) is 278 Å². The third kappa shape index (κ3) is 73.9. The summed E-state index contributed by atoms with van der Waals surface area (Å²) in [5.41, 5.74) is 0. The topological polar surface area (TPSA) is 259 Å². The maximum atomic E-state index is 17.3. The Morgan fingerprint density at radius 2 is 0.440 bits per heavy atom. The van der Waals surface area contributed by atoms with Crippen LogP contribution >= 0.6 is 134 Å². The Morgan fingerprint density at radius 3 is 0.660 bits per heavy atom. The Kier molecular flexibility index (Phi) is 91.0. The molecule has 0 aliphatic heterocycles. The second kappa shape index (κ2) is 87.5. The summed E-state index contributed by atoms with van der Waals surface area (Å²) in [6.45, 7) is 64.5. The minimum Gasteiger partial charge on any atom is -0.619 e. The van der Waals surface area contributed by atoms with Gasteiger partial charge >= 0.3 is 0 Å². The van der Waals surface area contributed by atoms with Gasteiger partial charge in [-0.15, -0.1) is 0 Å². The zero-order valence-electron chi connectivity index (χ0n) is 93.0. The molecule has 17 nitrogen and oxygen atoms in total. The van der Waals surface area contributed by atoms with Gasteiger partial charge in [0.05, 0.1) is 4.83 Å². The maximum Gasteiger partial charge on any atom is 0.203 e. The summed E-state index contributed by atoms with van der Waals surface area (Å²) in [6, 6.07) is 6.41. The second-order valence-electron chi connectivity index (χ2n) is 46.2.